The molecule has 17 heavy (non-hydrogen) atoms. The van der Waals surface area contributed by atoms with Crippen LogP contribution in [0.4, 0.5) is 0 Å². The predicted octanol–water partition coefficient (Wildman–Crippen LogP) is 1.16. The van der Waals surface area contributed by atoms with Gasteiger partial charge in [-0.2, -0.15) is 0 Å². The van der Waals surface area contributed by atoms with Gasteiger partial charge in [0.2, 0.25) is 11.8 Å². The van der Waals surface area contributed by atoms with Gasteiger partial charge < -0.3 is 10.6 Å². The van der Waals surface area contributed by atoms with E-state index in [2.05, 4.69) is 10.6 Å². The lowest BCUT2D eigenvalue weighted by molar-refractivity contribution is -0.120. The van der Waals surface area contributed by atoms with Crippen LogP contribution in [-0.2, 0) is 9.59 Å². The molecule has 2 rings (SSSR count). The van der Waals surface area contributed by atoms with Crippen LogP contribution in [0.25, 0.3) is 6.08 Å². The van der Waals surface area contributed by atoms with Gasteiger partial charge in [0.1, 0.15) is 0 Å². The number of thiophene rings is 1. The normalized spacial score (nSPS) is 19.5. The van der Waals surface area contributed by atoms with E-state index in [0.717, 1.165) is 11.3 Å². The molecule has 1 aliphatic rings. The maximum Gasteiger partial charge on any atom is 0.244 e. The number of amides is 2. The van der Waals surface area contributed by atoms with Crippen molar-refractivity contribution in [2.45, 2.75) is 18.9 Å². The van der Waals surface area contributed by atoms with Crippen LogP contribution in [0.3, 0.4) is 0 Å². The van der Waals surface area contributed by atoms with E-state index in [9.17, 15) is 9.59 Å². The summed E-state index contributed by atoms with van der Waals surface area (Å²) in [6, 6.07) is 3.98. The molecule has 1 aromatic heterocycles. The van der Waals surface area contributed by atoms with Crippen molar-refractivity contribution in [1.82, 2.24) is 10.6 Å². The zero-order valence-electron chi connectivity index (χ0n) is 9.31. The maximum absolute atomic E-state index is 11.5. The summed E-state index contributed by atoms with van der Waals surface area (Å²) in [5.74, 6) is -0.0575. The van der Waals surface area contributed by atoms with E-state index in [1.165, 1.54) is 6.08 Å². The Morgan fingerprint density at radius 3 is 3.18 bits per heavy atom. The van der Waals surface area contributed by atoms with E-state index in [1.807, 2.05) is 17.5 Å². The zero-order valence-corrected chi connectivity index (χ0v) is 10.1. The molecule has 1 fully saturated rings. The molecular formula is C12H14N2O2S. The number of nitrogens with one attached hydrogen (secondary N) is 2. The summed E-state index contributed by atoms with van der Waals surface area (Å²) in [5.41, 5.74) is 0. The van der Waals surface area contributed by atoms with Gasteiger partial charge in [0.05, 0.1) is 0 Å². The Bertz CT molecular complexity index is 426. The van der Waals surface area contributed by atoms with Gasteiger partial charge in [-0.05, 0) is 23.9 Å². The fraction of sp³-hybridized carbons (Fsp3) is 0.333. The van der Waals surface area contributed by atoms with Crippen molar-refractivity contribution in [3.05, 3.63) is 28.5 Å². The Balaban J connectivity index is 1.72. The van der Waals surface area contributed by atoms with E-state index < -0.39 is 0 Å². The van der Waals surface area contributed by atoms with E-state index >= 15 is 0 Å². The van der Waals surface area contributed by atoms with Gasteiger partial charge in [-0.25, -0.2) is 0 Å². The molecule has 0 radical (unpaired) electrons. The molecule has 5 heteroatoms. The highest BCUT2D eigenvalue weighted by molar-refractivity contribution is 7.10. The lowest BCUT2D eigenvalue weighted by Gasteiger charge is -2.09. The van der Waals surface area contributed by atoms with E-state index in [4.69, 9.17) is 0 Å². The quantitative estimate of drug-likeness (QED) is 0.788. The topological polar surface area (TPSA) is 58.2 Å². The van der Waals surface area contributed by atoms with E-state index in [-0.39, 0.29) is 17.9 Å². The van der Waals surface area contributed by atoms with Gasteiger partial charge in [-0.15, -0.1) is 11.3 Å². The number of carbonyl (C=O) groups is 2. The van der Waals surface area contributed by atoms with Crippen molar-refractivity contribution in [3.8, 4) is 0 Å². The molecule has 2 amide bonds. The average Bonchev–Trinajstić information content (AvgIpc) is 2.95. The molecule has 1 atom stereocenters. The summed E-state index contributed by atoms with van der Waals surface area (Å²) in [6.45, 7) is 0.499. The minimum atomic E-state index is -0.125. The SMILES string of the molecule is O=C(/C=C/c1cccs1)NC[C@@H]1CCC(=O)N1. The third-order valence-electron chi connectivity index (χ3n) is 2.55. The molecule has 2 N–H and O–H groups in total. The highest BCUT2D eigenvalue weighted by Gasteiger charge is 2.20. The molecule has 0 bridgehead atoms. The first-order valence-corrected chi connectivity index (χ1v) is 6.41. The number of hydrogen-bond donors (Lipinski definition) is 2. The predicted molar refractivity (Wildman–Crippen MR) is 67.5 cm³/mol. The molecule has 0 aliphatic carbocycles. The van der Waals surface area contributed by atoms with Crippen LogP contribution in [0.5, 0.6) is 0 Å². The average molecular weight is 250 g/mol. The summed E-state index contributed by atoms with van der Waals surface area (Å²) >= 11 is 1.58. The van der Waals surface area contributed by atoms with Crippen LogP contribution in [0, 0.1) is 0 Å². The van der Waals surface area contributed by atoms with Gasteiger partial charge in [-0.1, -0.05) is 6.07 Å². The van der Waals surface area contributed by atoms with Gasteiger partial charge in [0, 0.05) is 30.0 Å². The van der Waals surface area contributed by atoms with Gasteiger partial charge >= 0.3 is 0 Å². The Kier molecular flexibility index (Phi) is 3.93. The summed E-state index contributed by atoms with van der Waals surface area (Å²) < 4.78 is 0. The molecule has 0 saturated carbocycles. The van der Waals surface area contributed by atoms with Crippen LogP contribution >= 0.6 is 11.3 Å². The van der Waals surface area contributed by atoms with Crippen LogP contribution < -0.4 is 10.6 Å². The van der Waals surface area contributed by atoms with E-state index in [1.54, 1.807) is 17.4 Å². The Morgan fingerprint density at radius 2 is 2.53 bits per heavy atom. The smallest absolute Gasteiger partial charge is 0.244 e. The molecule has 2 heterocycles. The van der Waals surface area contributed by atoms with Gasteiger partial charge in [0.15, 0.2) is 0 Å². The monoisotopic (exact) mass is 250 g/mol. The molecule has 4 nitrogen and oxygen atoms in total. The fourth-order valence-electron chi connectivity index (χ4n) is 1.66. The summed E-state index contributed by atoms with van der Waals surface area (Å²) in [5, 5.41) is 7.54. The number of carbonyl (C=O) groups excluding carboxylic acids is 2. The molecular weight excluding hydrogens is 236 g/mol. The molecule has 90 valence electrons. The summed E-state index contributed by atoms with van der Waals surface area (Å²) in [7, 11) is 0. The van der Waals surface area contributed by atoms with Crippen LogP contribution in [0.15, 0.2) is 23.6 Å². The second kappa shape index (κ2) is 5.63. The molecule has 1 saturated heterocycles. The van der Waals surface area contributed by atoms with Crippen molar-refractivity contribution in [2.75, 3.05) is 6.54 Å². The van der Waals surface area contributed by atoms with Crippen LogP contribution in [-0.4, -0.2) is 24.4 Å². The van der Waals surface area contributed by atoms with Crippen molar-refractivity contribution >= 4 is 29.2 Å². The first kappa shape index (κ1) is 11.9. The van der Waals surface area contributed by atoms with Crippen LogP contribution in [0.1, 0.15) is 17.7 Å². The third-order valence-corrected chi connectivity index (χ3v) is 3.39. The maximum atomic E-state index is 11.5. The largest absolute Gasteiger partial charge is 0.352 e. The summed E-state index contributed by atoms with van der Waals surface area (Å²) in [6.07, 6.45) is 4.66. The van der Waals surface area contributed by atoms with Crippen molar-refractivity contribution in [1.29, 1.82) is 0 Å². The lowest BCUT2D eigenvalue weighted by Crippen LogP contribution is -2.37. The first-order valence-electron chi connectivity index (χ1n) is 5.53. The Morgan fingerprint density at radius 1 is 1.65 bits per heavy atom. The molecule has 0 aromatic carbocycles. The Hall–Kier alpha value is -1.62. The molecule has 0 spiro atoms. The third kappa shape index (κ3) is 3.71. The van der Waals surface area contributed by atoms with Crippen molar-refractivity contribution < 1.29 is 9.59 Å². The van der Waals surface area contributed by atoms with Gasteiger partial charge in [0.25, 0.3) is 0 Å². The lowest BCUT2D eigenvalue weighted by atomic mass is 10.2. The van der Waals surface area contributed by atoms with E-state index in [0.29, 0.717) is 13.0 Å². The molecule has 1 aliphatic heterocycles. The minimum Gasteiger partial charge on any atom is -0.352 e. The number of hydrogen-bond acceptors (Lipinski definition) is 3. The van der Waals surface area contributed by atoms with Crippen molar-refractivity contribution in [2.24, 2.45) is 0 Å². The number of rotatable bonds is 4. The second-order valence-corrected chi connectivity index (χ2v) is 4.88. The van der Waals surface area contributed by atoms with Gasteiger partial charge in [-0.3, -0.25) is 9.59 Å². The highest BCUT2D eigenvalue weighted by atomic mass is 32.1. The molecule has 0 unspecified atom stereocenters. The fourth-order valence-corrected chi connectivity index (χ4v) is 2.28. The summed E-state index contributed by atoms with van der Waals surface area (Å²) in [4.78, 5) is 23.5. The minimum absolute atomic E-state index is 0.0679. The second-order valence-electron chi connectivity index (χ2n) is 3.90. The Labute approximate surface area is 104 Å². The van der Waals surface area contributed by atoms with Crippen molar-refractivity contribution in [3.63, 3.8) is 0 Å². The van der Waals surface area contributed by atoms with Crippen LogP contribution in [0.2, 0.25) is 0 Å². The first-order chi connectivity index (χ1) is 8.24. The molecule has 1 aromatic rings. The zero-order chi connectivity index (χ0) is 12.1. The highest BCUT2D eigenvalue weighted by Crippen LogP contribution is 2.10. The standard InChI is InChI=1S/C12H14N2O2S/c15-11(6-4-10-2-1-7-17-10)13-8-9-3-5-12(16)14-9/h1-2,4,6-7,9H,3,5,8H2,(H,13,15)(H,14,16)/b6-4+/t9-/m0/s1.